The maximum absolute atomic E-state index is 12.8. The first-order valence-electron chi connectivity index (χ1n) is 12.0. The van der Waals surface area contributed by atoms with E-state index < -0.39 is 5.91 Å². The second kappa shape index (κ2) is 10.6. The molecule has 0 spiro atoms. The lowest BCUT2D eigenvalue weighted by molar-refractivity contribution is -0.128. The summed E-state index contributed by atoms with van der Waals surface area (Å²) in [6, 6.07) is 13.3. The van der Waals surface area contributed by atoms with Gasteiger partial charge in [0.25, 0.3) is 5.91 Å². The summed E-state index contributed by atoms with van der Waals surface area (Å²) in [5.41, 5.74) is 2.99. The molecule has 0 bridgehead atoms. The Kier molecular flexibility index (Phi) is 7.09. The summed E-state index contributed by atoms with van der Waals surface area (Å²) < 4.78 is 11.5. The van der Waals surface area contributed by atoms with Crippen LogP contribution in [-0.2, 0) is 16.2 Å². The molecule has 0 atom stereocenters. The number of aryl methyl sites for hydroxylation is 1. The molecule has 1 N–H and O–H groups in total. The van der Waals surface area contributed by atoms with Gasteiger partial charge in [-0.05, 0) is 66.4 Å². The van der Waals surface area contributed by atoms with E-state index in [9.17, 15) is 9.59 Å². The van der Waals surface area contributed by atoms with Gasteiger partial charge in [0.1, 0.15) is 11.7 Å². The van der Waals surface area contributed by atoms with Crippen LogP contribution in [0.3, 0.4) is 0 Å². The molecule has 2 aromatic rings. The van der Waals surface area contributed by atoms with Crippen molar-refractivity contribution < 1.29 is 19.1 Å². The molecule has 0 aliphatic carbocycles. The van der Waals surface area contributed by atoms with Gasteiger partial charge in [-0.25, -0.2) is 0 Å². The molecule has 1 fully saturated rings. The van der Waals surface area contributed by atoms with Crippen molar-refractivity contribution in [3.63, 3.8) is 0 Å². The Morgan fingerprint density at radius 2 is 1.95 bits per heavy atom. The SMILES string of the molecule is COc1cc(/C=C2/C(=N)N3N=C(CC(=O)N4CCCC4)SC3=NC2=O)ccc1OCc1ccccc1C. The number of ether oxygens (including phenoxy) is 2. The number of nitrogens with zero attached hydrogens (tertiary/aromatic N) is 4. The number of carbonyl (C=O) groups is 2. The molecule has 0 aromatic heterocycles. The van der Waals surface area contributed by atoms with Crippen LogP contribution in [0.5, 0.6) is 11.5 Å². The van der Waals surface area contributed by atoms with Crippen LogP contribution in [0.4, 0.5) is 0 Å². The Labute approximate surface area is 219 Å². The van der Waals surface area contributed by atoms with Crippen molar-refractivity contribution in [2.24, 2.45) is 10.1 Å². The first kappa shape index (κ1) is 24.8. The Morgan fingerprint density at radius 3 is 2.70 bits per heavy atom. The minimum atomic E-state index is -0.523. The highest BCUT2D eigenvalue weighted by Crippen LogP contribution is 2.32. The topological polar surface area (TPSA) is 108 Å². The fourth-order valence-electron chi connectivity index (χ4n) is 4.30. The van der Waals surface area contributed by atoms with E-state index in [2.05, 4.69) is 10.1 Å². The number of fused-ring (bicyclic) bond motifs is 1. The Morgan fingerprint density at radius 1 is 1.16 bits per heavy atom. The zero-order valence-electron chi connectivity index (χ0n) is 20.7. The number of carbonyl (C=O) groups excluding carboxylic acids is 2. The quantitative estimate of drug-likeness (QED) is 0.551. The van der Waals surface area contributed by atoms with Crippen molar-refractivity contribution in [1.29, 1.82) is 5.41 Å². The molecule has 190 valence electrons. The molecular formula is C27H27N5O4S. The van der Waals surface area contributed by atoms with Gasteiger partial charge >= 0.3 is 0 Å². The smallest absolute Gasteiger partial charge is 0.283 e. The van der Waals surface area contributed by atoms with Gasteiger partial charge in [0, 0.05) is 13.1 Å². The maximum Gasteiger partial charge on any atom is 0.283 e. The van der Waals surface area contributed by atoms with E-state index in [1.165, 1.54) is 5.01 Å². The third-order valence-electron chi connectivity index (χ3n) is 6.40. The summed E-state index contributed by atoms with van der Waals surface area (Å²) in [7, 11) is 1.55. The van der Waals surface area contributed by atoms with E-state index in [-0.39, 0.29) is 23.7 Å². The highest BCUT2D eigenvalue weighted by atomic mass is 32.2. The van der Waals surface area contributed by atoms with E-state index in [0.717, 1.165) is 48.8 Å². The van der Waals surface area contributed by atoms with Crippen LogP contribution in [0.15, 0.2) is 58.1 Å². The third kappa shape index (κ3) is 5.29. The van der Waals surface area contributed by atoms with E-state index in [1.54, 1.807) is 31.4 Å². The average Bonchev–Trinajstić information content (AvgIpc) is 3.57. The zero-order chi connectivity index (χ0) is 25.9. The number of methoxy groups -OCH3 is 1. The summed E-state index contributed by atoms with van der Waals surface area (Å²) >= 11 is 1.16. The monoisotopic (exact) mass is 517 g/mol. The molecule has 10 heteroatoms. The lowest BCUT2D eigenvalue weighted by Crippen LogP contribution is -2.35. The fraction of sp³-hybridized carbons (Fsp3) is 0.296. The minimum absolute atomic E-state index is 0.00893. The van der Waals surface area contributed by atoms with Crippen molar-refractivity contribution in [3.8, 4) is 11.5 Å². The molecule has 0 saturated carbocycles. The Balaban J connectivity index is 1.31. The van der Waals surface area contributed by atoms with E-state index >= 15 is 0 Å². The first-order chi connectivity index (χ1) is 17.9. The standard InChI is InChI=1S/C27H27N5O4S/c1-17-7-3-4-8-19(17)16-36-21-10-9-18(14-22(21)35-2)13-20-25(28)32-27(29-26(20)34)37-23(30-32)15-24(33)31-11-5-6-12-31/h3-4,7-10,13-14,28H,5-6,11-12,15-16H2,1-2H3/b20-13-,28-25?. The lowest BCUT2D eigenvalue weighted by Gasteiger charge is -2.20. The predicted molar refractivity (Wildman–Crippen MR) is 144 cm³/mol. The van der Waals surface area contributed by atoms with Crippen molar-refractivity contribution in [3.05, 3.63) is 64.7 Å². The summed E-state index contributed by atoms with van der Waals surface area (Å²) in [5, 5.41) is 15.2. The molecule has 0 unspecified atom stereocenters. The first-order valence-corrected chi connectivity index (χ1v) is 12.9. The van der Waals surface area contributed by atoms with Gasteiger partial charge < -0.3 is 14.4 Å². The van der Waals surface area contributed by atoms with Crippen LogP contribution in [0.25, 0.3) is 6.08 Å². The Bertz CT molecular complexity index is 1360. The molecule has 9 nitrogen and oxygen atoms in total. The average molecular weight is 518 g/mol. The number of likely N-dealkylation sites (tertiary alicyclic amines) is 1. The van der Waals surface area contributed by atoms with Crippen LogP contribution < -0.4 is 9.47 Å². The molecule has 1 saturated heterocycles. The number of aliphatic imine (C=N–C) groups is 1. The number of nitrogens with one attached hydrogen (secondary N) is 1. The molecule has 0 radical (unpaired) electrons. The molecule has 3 aliphatic heterocycles. The van der Waals surface area contributed by atoms with Gasteiger partial charge in [-0.2, -0.15) is 15.1 Å². The molecule has 3 aliphatic rings. The van der Waals surface area contributed by atoms with Gasteiger partial charge in [0.15, 0.2) is 17.3 Å². The van der Waals surface area contributed by atoms with Crippen LogP contribution in [-0.4, -0.2) is 58.0 Å². The molecule has 37 heavy (non-hydrogen) atoms. The van der Waals surface area contributed by atoms with E-state index in [4.69, 9.17) is 14.9 Å². The lowest BCUT2D eigenvalue weighted by atomic mass is 10.1. The van der Waals surface area contributed by atoms with Crippen LogP contribution in [0, 0.1) is 12.3 Å². The fourth-order valence-corrected chi connectivity index (χ4v) is 5.17. The number of hydrogen-bond acceptors (Lipinski definition) is 7. The Hall–Kier alpha value is -3.92. The third-order valence-corrected chi connectivity index (χ3v) is 7.31. The number of thioether (sulfide) groups is 1. The maximum atomic E-state index is 12.8. The van der Waals surface area contributed by atoms with E-state index in [1.807, 2.05) is 36.1 Å². The number of hydrogen-bond donors (Lipinski definition) is 1. The second-order valence-corrected chi connectivity index (χ2v) is 9.94. The van der Waals surface area contributed by atoms with E-state index in [0.29, 0.717) is 33.9 Å². The number of amides is 2. The van der Waals surface area contributed by atoms with Gasteiger partial charge in [-0.3, -0.25) is 15.0 Å². The van der Waals surface area contributed by atoms with Crippen molar-refractivity contribution in [2.45, 2.75) is 32.8 Å². The van der Waals surface area contributed by atoms with Crippen molar-refractivity contribution in [2.75, 3.05) is 20.2 Å². The molecule has 5 rings (SSSR count). The summed E-state index contributed by atoms with van der Waals surface area (Å²) in [4.78, 5) is 31.2. The largest absolute Gasteiger partial charge is 0.493 e. The molecule has 2 aromatic carbocycles. The number of amidine groups is 2. The normalized spacial score (nSPS) is 18.2. The molecular weight excluding hydrogens is 490 g/mol. The predicted octanol–water partition coefficient (Wildman–Crippen LogP) is 4.21. The number of hydrazone groups is 1. The zero-order valence-corrected chi connectivity index (χ0v) is 21.5. The van der Waals surface area contributed by atoms with Crippen LogP contribution in [0.2, 0.25) is 0 Å². The number of rotatable bonds is 7. The number of benzene rings is 2. The minimum Gasteiger partial charge on any atom is -0.493 e. The summed E-state index contributed by atoms with van der Waals surface area (Å²) in [6.07, 6.45) is 3.76. The van der Waals surface area contributed by atoms with Crippen LogP contribution in [0.1, 0.15) is 36.0 Å². The van der Waals surface area contributed by atoms with Gasteiger partial charge in [-0.15, -0.1) is 0 Å². The van der Waals surface area contributed by atoms with Gasteiger partial charge in [0.05, 0.1) is 19.1 Å². The highest BCUT2D eigenvalue weighted by Gasteiger charge is 2.36. The highest BCUT2D eigenvalue weighted by molar-refractivity contribution is 8.27. The van der Waals surface area contributed by atoms with Gasteiger partial charge in [0.2, 0.25) is 11.1 Å². The van der Waals surface area contributed by atoms with Gasteiger partial charge in [-0.1, -0.05) is 30.3 Å². The van der Waals surface area contributed by atoms with Crippen molar-refractivity contribution in [1.82, 2.24) is 9.91 Å². The van der Waals surface area contributed by atoms with Crippen molar-refractivity contribution >= 4 is 45.7 Å². The molecule has 3 heterocycles. The summed E-state index contributed by atoms with van der Waals surface area (Å²) in [5.74, 6) is 0.495. The summed E-state index contributed by atoms with van der Waals surface area (Å²) in [6.45, 7) is 3.97. The van der Waals surface area contributed by atoms with Crippen LogP contribution >= 0.6 is 11.8 Å². The molecule has 2 amide bonds. The second-order valence-electron chi connectivity index (χ2n) is 8.90.